The Hall–Kier alpha value is -1.59. The lowest BCUT2D eigenvalue weighted by molar-refractivity contribution is -0.121. The molecule has 2 aliphatic heterocycles. The van der Waals surface area contributed by atoms with Crippen molar-refractivity contribution in [2.24, 2.45) is 0 Å². The van der Waals surface area contributed by atoms with Crippen molar-refractivity contribution < 1.29 is 14.6 Å². The smallest absolute Gasteiger partial charge is 0.265 e. The van der Waals surface area contributed by atoms with Crippen molar-refractivity contribution in [3.8, 4) is 5.75 Å². The SMILES string of the molecule is CC(C)N1C(=O)COc2ccc(C(O)C3CCCCN3)cc21. The molecule has 2 aliphatic rings. The van der Waals surface area contributed by atoms with E-state index in [2.05, 4.69) is 5.32 Å². The highest BCUT2D eigenvalue weighted by Crippen LogP contribution is 2.36. The van der Waals surface area contributed by atoms with E-state index in [0.717, 1.165) is 37.1 Å². The summed E-state index contributed by atoms with van der Waals surface area (Å²) in [6, 6.07) is 5.80. The Bertz CT molecular complexity index is 553. The van der Waals surface area contributed by atoms with E-state index in [9.17, 15) is 9.90 Å². The number of benzene rings is 1. The van der Waals surface area contributed by atoms with Gasteiger partial charge in [-0.1, -0.05) is 12.5 Å². The van der Waals surface area contributed by atoms with E-state index in [4.69, 9.17) is 4.74 Å². The highest BCUT2D eigenvalue weighted by molar-refractivity contribution is 5.98. The van der Waals surface area contributed by atoms with Gasteiger partial charge < -0.3 is 20.1 Å². The van der Waals surface area contributed by atoms with Crippen LogP contribution in [0.25, 0.3) is 0 Å². The zero-order valence-electron chi connectivity index (χ0n) is 13.2. The van der Waals surface area contributed by atoms with E-state index in [1.165, 1.54) is 0 Å². The van der Waals surface area contributed by atoms with Crippen LogP contribution in [0.4, 0.5) is 5.69 Å². The number of hydrogen-bond donors (Lipinski definition) is 2. The van der Waals surface area contributed by atoms with Crippen molar-refractivity contribution in [2.45, 2.75) is 51.3 Å². The molecular weight excluding hydrogens is 280 g/mol. The fraction of sp³-hybridized carbons (Fsp3) is 0.588. The molecule has 0 spiro atoms. The number of fused-ring (bicyclic) bond motifs is 1. The first-order chi connectivity index (χ1) is 10.6. The summed E-state index contributed by atoms with van der Waals surface area (Å²) in [6.45, 7) is 5.00. The molecule has 120 valence electrons. The summed E-state index contributed by atoms with van der Waals surface area (Å²) in [5.41, 5.74) is 1.60. The summed E-state index contributed by atoms with van der Waals surface area (Å²) < 4.78 is 5.51. The molecule has 3 rings (SSSR count). The number of nitrogens with zero attached hydrogens (tertiary/aromatic N) is 1. The third-order valence-corrected chi connectivity index (χ3v) is 4.45. The number of aliphatic hydroxyl groups excluding tert-OH is 1. The Morgan fingerprint density at radius 2 is 2.18 bits per heavy atom. The first-order valence-corrected chi connectivity index (χ1v) is 8.08. The number of ether oxygens (including phenoxy) is 1. The number of aliphatic hydroxyl groups is 1. The van der Waals surface area contributed by atoms with Crippen LogP contribution >= 0.6 is 0 Å². The fourth-order valence-electron chi connectivity index (χ4n) is 3.32. The number of anilines is 1. The van der Waals surface area contributed by atoms with E-state index >= 15 is 0 Å². The van der Waals surface area contributed by atoms with Crippen LogP contribution in [0.15, 0.2) is 18.2 Å². The minimum atomic E-state index is -0.559. The normalized spacial score (nSPS) is 23.2. The summed E-state index contributed by atoms with van der Waals surface area (Å²) in [5, 5.41) is 14.0. The van der Waals surface area contributed by atoms with Gasteiger partial charge in [-0.25, -0.2) is 0 Å². The van der Waals surface area contributed by atoms with E-state index in [0.29, 0.717) is 5.75 Å². The van der Waals surface area contributed by atoms with Gasteiger partial charge in [-0.05, 0) is 50.9 Å². The topological polar surface area (TPSA) is 61.8 Å². The zero-order valence-corrected chi connectivity index (χ0v) is 13.2. The molecule has 1 saturated heterocycles. The molecular formula is C17H24N2O3. The third kappa shape index (κ3) is 2.83. The summed E-state index contributed by atoms with van der Waals surface area (Å²) in [4.78, 5) is 13.9. The second-order valence-electron chi connectivity index (χ2n) is 6.37. The largest absolute Gasteiger partial charge is 0.482 e. The highest BCUT2D eigenvalue weighted by atomic mass is 16.5. The molecule has 2 unspecified atom stereocenters. The van der Waals surface area contributed by atoms with Crippen LogP contribution in [0, 0.1) is 0 Å². The van der Waals surface area contributed by atoms with Gasteiger partial charge in [-0.15, -0.1) is 0 Å². The Balaban J connectivity index is 1.90. The van der Waals surface area contributed by atoms with E-state index in [-0.39, 0.29) is 24.6 Å². The molecule has 0 radical (unpaired) electrons. The van der Waals surface area contributed by atoms with Gasteiger partial charge in [0.05, 0.1) is 11.8 Å². The molecule has 1 aromatic carbocycles. The zero-order chi connectivity index (χ0) is 15.7. The van der Waals surface area contributed by atoms with Gasteiger partial charge >= 0.3 is 0 Å². The van der Waals surface area contributed by atoms with Crippen molar-refractivity contribution >= 4 is 11.6 Å². The van der Waals surface area contributed by atoms with Gasteiger partial charge in [-0.2, -0.15) is 0 Å². The Kier molecular flexibility index (Phi) is 4.36. The quantitative estimate of drug-likeness (QED) is 0.896. The molecule has 1 amide bonds. The van der Waals surface area contributed by atoms with E-state index in [1.807, 2.05) is 32.0 Å². The summed E-state index contributed by atoms with van der Waals surface area (Å²) in [7, 11) is 0. The van der Waals surface area contributed by atoms with Crippen LogP contribution in [0.5, 0.6) is 5.75 Å². The van der Waals surface area contributed by atoms with Crippen LogP contribution in [0.1, 0.15) is 44.8 Å². The van der Waals surface area contributed by atoms with Gasteiger partial charge in [0.1, 0.15) is 5.75 Å². The second kappa shape index (κ2) is 6.26. The van der Waals surface area contributed by atoms with Gasteiger partial charge in [0.2, 0.25) is 0 Å². The molecule has 2 N–H and O–H groups in total. The van der Waals surface area contributed by atoms with Gasteiger partial charge in [0.25, 0.3) is 5.91 Å². The maximum absolute atomic E-state index is 12.1. The number of rotatable bonds is 3. The van der Waals surface area contributed by atoms with Crippen molar-refractivity contribution in [3.63, 3.8) is 0 Å². The Morgan fingerprint density at radius 3 is 2.86 bits per heavy atom. The van der Waals surface area contributed by atoms with Crippen molar-refractivity contribution in [1.29, 1.82) is 0 Å². The molecule has 22 heavy (non-hydrogen) atoms. The van der Waals surface area contributed by atoms with Gasteiger partial charge in [0.15, 0.2) is 6.61 Å². The molecule has 0 aromatic heterocycles. The average molecular weight is 304 g/mol. The Morgan fingerprint density at radius 1 is 1.36 bits per heavy atom. The third-order valence-electron chi connectivity index (χ3n) is 4.45. The summed E-state index contributed by atoms with van der Waals surface area (Å²) in [5.74, 6) is 0.672. The molecule has 2 heterocycles. The lowest BCUT2D eigenvalue weighted by Crippen LogP contribution is -2.43. The van der Waals surface area contributed by atoms with Crippen LogP contribution in [-0.4, -0.2) is 36.2 Å². The standard InChI is InChI=1S/C17H24N2O3/c1-11(2)19-14-9-12(6-7-15(14)22-10-16(19)20)17(21)13-5-3-4-8-18-13/h6-7,9,11,13,17-18,21H,3-5,8,10H2,1-2H3. The van der Waals surface area contributed by atoms with Crippen LogP contribution in [0.3, 0.4) is 0 Å². The minimum absolute atomic E-state index is 0.0371. The number of hydrogen-bond acceptors (Lipinski definition) is 4. The van der Waals surface area contributed by atoms with E-state index in [1.54, 1.807) is 4.90 Å². The number of amides is 1. The number of carbonyl (C=O) groups excluding carboxylic acids is 1. The molecule has 0 aliphatic carbocycles. The molecule has 0 saturated carbocycles. The molecule has 2 atom stereocenters. The first kappa shape index (κ1) is 15.3. The minimum Gasteiger partial charge on any atom is -0.482 e. The predicted molar refractivity (Wildman–Crippen MR) is 85.2 cm³/mol. The second-order valence-corrected chi connectivity index (χ2v) is 6.37. The van der Waals surface area contributed by atoms with Crippen molar-refractivity contribution in [3.05, 3.63) is 23.8 Å². The summed E-state index contributed by atoms with van der Waals surface area (Å²) >= 11 is 0. The lowest BCUT2D eigenvalue weighted by atomic mass is 9.94. The van der Waals surface area contributed by atoms with Gasteiger partial charge in [-0.3, -0.25) is 4.79 Å². The lowest BCUT2D eigenvalue weighted by Gasteiger charge is -2.34. The maximum Gasteiger partial charge on any atom is 0.265 e. The predicted octanol–water partition coefficient (Wildman–Crippen LogP) is 2.00. The highest BCUT2D eigenvalue weighted by Gasteiger charge is 2.30. The Labute approximate surface area is 131 Å². The number of piperidine rings is 1. The molecule has 1 aromatic rings. The molecule has 5 nitrogen and oxygen atoms in total. The van der Waals surface area contributed by atoms with Gasteiger partial charge in [0, 0.05) is 12.1 Å². The first-order valence-electron chi connectivity index (χ1n) is 8.08. The maximum atomic E-state index is 12.1. The van der Waals surface area contributed by atoms with Crippen LogP contribution < -0.4 is 15.0 Å². The molecule has 1 fully saturated rings. The summed E-state index contributed by atoms with van der Waals surface area (Å²) in [6.07, 6.45) is 2.72. The van der Waals surface area contributed by atoms with E-state index < -0.39 is 6.10 Å². The van der Waals surface area contributed by atoms with Crippen LogP contribution in [0.2, 0.25) is 0 Å². The van der Waals surface area contributed by atoms with Crippen molar-refractivity contribution in [1.82, 2.24) is 5.32 Å². The average Bonchev–Trinajstić information content (AvgIpc) is 2.54. The number of nitrogens with one attached hydrogen (secondary N) is 1. The molecule has 0 bridgehead atoms. The monoisotopic (exact) mass is 304 g/mol. The molecule has 5 heteroatoms. The van der Waals surface area contributed by atoms with Crippen molar-refractivity contribution in [2.75, 3.05) is 18.1 Å². The fourth-order valence-corrected chi connectivity index (χ4v) is 3.32. The number of carbonyl (C=O) groups is 1. The van der Waals surface area contributed by atoms with Crippen LogP contribution in [-0.2, 0) is 4.79 Å².